The zero-order valence-electron chi connectivity index (χ0n) is 15.5. The summed E-state index contributed by atoms with van der Waals surface area (Å²) in [6.07, 6.45) is -8.39. The third kappa shape index (κ3) is 4.64. The van der Waals surface area contributed by atoms with Crippen LogP contribution in [-0.2, 0) is 16.2 Å². The van der Waals surface area contributed by atoms with E-state index >= 15 is 0 Å². The predicted octanol–water partition coefficient (Wildman–Crippen LogP) is 5.63. The molecule has 2 rings (SSSR count). The third-order valence-corrected chi connectivity index (χ3v) is 5.95. The molecule has 1 aromatic carbocycles. The van der Waals surface area contributed by atoms with Gasteiger partial charge in [-0.2, -0.15) is 30.7 Å². The van der Waals surface area contributed by atoms with Crippen molar-refractivity contribution in [1.82, 2.24) is 5.06 Å². The van der Waals surface area contributed by atoms with Crippen LogP contribution in [-0.4, -0.2) is 39.5 Å². The summed E-state index contributed by atoms with van der Waals surface area (Å²) in [5.74, 6) is -13.7. The Morgan fingerprint density at radius 3 is 2.21 bits per heavy atom. The molecule has 1 saturated heterocycles. The van der Waals surface area contributed by atoms with Gasteiger partial charge in [0.2, 0.25) is 0 Å². The molecule has 0 aromatic heterocycles. The first kappa shape index (κ1) is 24.2. The second kappa shape index (κ2) is 8.20. The molecule has 1 heterocycles. The molecular formula is C18H19F7INO2. The molecule has 29 heavy (non-hydrogen) atoms. The van der Waals surface area contributed by atoms with Gasteiger partial charge >= 0.3 is 18.0 Å². The second-order valence-electron chi connectivity index (χ2n) is 7.28. The maximum atomic E-state index is 14.1. The molecule has 1 amide bonds. The number of benzene rings is 1. The van der Waals surface area contributed by atoms with Gasteiger partial charge in [0, 0.05) is 16.3 Å². The first-order chi connectivity index (χ1) is 13.1. The van der Waals surface area contributed by atoms with Crippen molar-refractivity contribution in [3.63, 3.8) is 0 Å². The Morgan fingerprint density at radius 1 is 1.17 bits per heavy atom. The van der Waals surface area contributed by atoms with Crippen LogP contribution in [0.2, 0.25) is 0 Å². The van der Waals surface area contributed by atoms with Crippen molar-refractivity contribution in [3.8, 4) is 0 Å². The van der Waals surface area contributed by atoms with Crippen LogP contribution in [0.5, 0.6) is 0 Å². The van der Waals surface area contributed by atoms with Crippen molar-refractivity contribution in [2.45, 2.75) is 48.8 Å². The molecule has 0 bridgehead atoms. The number of alkyl halides is 8. The summed E-state index contributed by atoms with van der Waals surface area (Å²) in [5, 5.41) is 0.786. The number of carbonyl (C=O) groups excluding carboxylic acids is 1. The Hall–Kier alpha value is -1.11. The lowest BCUT2D eigenvalue weighted by Gasteiger charge is -2.36. The Morgan fingerprint density at radius 2 is 1.72 bits per heavy atom. The summed E-state index contributed by atoms with van der Waals surface area (Å²) in [6.45, 7) is 2.28. The highest BCUT2D eigenvalue weighted by molar-refractivity contribution is 14.1. The minimum atomic E-state index is -6.44. The number of halogens is 8. The second-order valence-corrected chi connectivity index (χ2v) is 9.24. The molecule has 0 spiro atoms. The zero-order chi connectivity index (χ0) is 22.3. The minimum Gasteiger partial charge on any atom is -0.272 e. The Balaban J connectivity index is 2.27. The van der Waals surface area contributed by atoms with Crippen LogP contribution < -0.4 is 0 Å². The van der Waals surface area contributed by atoms with E-state index in [1.165, 1.54) is 0 Å². The van der Waals surface area contributed by atoms with E-state index in [-0.39, 0.29) is 13.2 Å². The van der Waals surface area contributed by atoms with E-state index in [1.807, 2.05) is 22.6 Å². The topological polar surface area (TPSA) is 29.5 Å². The van der Waals surface area contributed by atoms with Crippen LogP contribution in [0.25, 0.3) is 0 Å². The Labute approximate surface area is 176 Å². The van der Waals surface area contributed by atoms with Gasteiger partial charge < -0.3 is 0 Å². The van der Waals surface area contributed by atoms with Gasteiger partial charge in [-0.25, -0.2) is 5.06 Å². The quantitative estimate of drug-likeness (QED) is 0.255. The fourth-order valence-electron chi connectivity index (χ4n) is 3.38. The van der Waals surface area contributed by atoms with Gasteiger partial charge in [0.25, 0.3) is 5.91 Å². The Bertz CT molecular complexity index is 727. The molecule has 1 aliphatic heterocycles. The summed E-state index contributed by atoms with van der Waals surface area (Å²) >= 11 is 1.83. The van der Waals surface area contributed by atoms with E-state index in [4.69, 9.17) is 4.84 Å². The first-order valence-electron chi connectivity index (χ1n) is 8.59. The molecule has 3 atom stereocenters. The van der Waals surface area contributed by atoms with Crippen molar-refractivity contribution in [2.75, 3.05) is 6.54 Å². The maximum Gasteiger partial charge on any atom is 0.459 e. The van der Waals surface area contributed by atoms with Crippen LogP contribution in [0.15, 0.2) is 30.3 Å². The van der Waals surface area contributed by atoms with E-state index in [9.17, 15) is 35.5 Å². The fourth-order valence-corrected chi connectivity index (χ4v) is 4.40. The van der Waals surface area contributed by atoms with Crippen molar-refractivity contribution in [3.05, 3.63) is 35.9 Å². The number of hydroxylamine groups is 2. The monoisotopic (exact) mass is 541 g/mol. The summed E-state index contributed by atoms with van der Waals surface area (Å²) in [7, 11) is 0. The maximum absolute atomic E-state index is 14.1. The number of hydrogen-bond donors (Lipinski definition) is 0. The first-order valence-corrected chi connectivity index (χ1v) is 9.83. The van der Waals surface area contributed by atoms with Crippen molar-refractivity contribution in [1.29, 1.82) is 0 Å². The average molecular weight is 541 g/mol. The number of rotatable bonds is 7. The molecule has 0 saturated carbocycles. The largest absolute Gasteiger partial charge is 0.459 e. The molecule has 1 aromatic rings. The highest BCUT2D eigenvalue weighted by Crippen LogP contribution is 2.55. The normalized spacial score (nSPS) is 24.8. The molecule has 1 fully saturated rings. The number of carbonyl (C=O) groups is 1. The predicted molar refractivity (Wildman–Crippen MR) is 98.6 cm³/mol. The lowest BCUT2D eigenvalue weighted by molar-refractivity contribution is -0.359. The highest BCUT2D eigenvalue weighted by Gasteiger charge is 2.75. The molecule has 1 unspecified atom stereocenters. The summed E-state index contributed by atoms with van der Waals surface area (Å²) in [5.41, 5.74) is -1.49. The molecule has 11 heteroatoms. The zero-order valence-corrected chi connectivity index (χ0v) is 17.6. The average Bonchev–Trinajstić information content (AvgIpc) is 2.83. The van der Waals surface area contributed by atoms with Crippen molar-refractivity contribution >= 4 is 28.5 Å². The number of nitrogens with zero attached hydrogens (tertiary/aromatic N) is 1. The third-order valence-electron chi connectivity index (χ3n) is 5.08. The van der Waals surface area contributed by atoms with E-state index in [0.717, 1.165) is 12.0 Å². The fraction of sp³-hybridized carbons (Fsp3) is 0.611. The smallest absolute Gasteiger partial charge is 0.272 e. The van der Waals surface area contributed by atoms with Gasteiger partial charge in [0.15, 0.2) is 0 Å². The van der Waals surface area contributed by atoms with Crippen LogP contribution in [0.1, 0.15) is 25.8 Å². The molecular weight excluding hydrogens is 522 g/mol. The number of hydrogen-bond acceptors (Lipinski definition) is 2. The van der Waals surface area contributed by atoms with Gasteiger partial charge in [0.05, 0.1) is 12.0 Å². The van der Waals surface area contributed by atoms with E-state index in [1.54, 1.807) is 37.3 Å². The van der Waals surface area contributed by atoms with Gasteiger partial charge in [-0.3, -0.25) is 9.63 Å². The molecule has 1 aliphatic rings. The van der Waals surface area contributed by atoms with Gasteiger partial charge in [0.1, 0.15) is 6.61 Å². The van der Waals surface area contributed by atoms with Gasteiger partial charge in [-0.15, -0.1) is 0 Å². The van der Waals surface area contributed by atoms with Gasteiger partial charge in [-0.1, -0.05) is 66.8 Å². The van der Waals surface area contributed by atoms with Crippen molar-refractivity contribution in [2.24, 2.45) is 11.3 Å². The van der Waals surface area contributed by atoms with E-state index in [0.29, 0.717) is 5.56 Å². The van der Waals surface area contributed by atoms with Crippen LogP contribution in [0.3, 0.4) is 0 Å². The van der Waals surface area contributed by atoms with E-state index in [2.05, 4.69) is 0 Å². The number of amides is 1. The lowest BCUT2D eigenvalue weighted by Crippen LogP contribution is -2.55. The summed E-state index contributed by atoms with van der Waals surface area (Å²) < 4.78 is 92.1. The van der Waals surface area contributed by atoms with Crippen LogP contribution in [0.4, 0.5) is 30.7 Å². The SMILES string of the molecule is CC(I)[C@@H]1CN(OCc2ccccc2)C(=O)[C@]1(C)CC(F)(F)C(F)(F)C(F)(F)F. The van der Waals surface area contributed by atoms with E-state index < -0.39 is 45.6 Å². The summed E-state index contributed by atoms with van der Waals surface area (Å²) in [6, 6.07) is 8.55. The van der Waals surface area contributed by atoms with Crippen LogP contribution in [0, 0.1) is 11.3 Å². The summed E-state index contributed by atoms with van der Waals surface area (Å²) in [4.78, 5) is 18.1. The van der Waals surface area contributed by atoms with Crippen molar-refractivity contribution < 1.29 is 40.4 Å². The molecule has 164 valence electrons. The van der Waals surface area contributed by atoms with Crippen LogP contribution >= 0.6 is 22.6 Å². The standard InChI is InChI=1S/C18H19F7INO2/c1-11(26)13-8-27(29-9-12-6-4-3-5-7-12)14(28)15(13,2)10-16(19,20)17(21,22)18(23,24)25/h3-7,11,13H,8-10H2,1-2H3/t11?,13-,15+/m0/s1. The minimum absolute atomic E-state index is 0.0832. The lowest BCUT2D eigenvalue weighted by atomic mass is 9.72. The molecule has 3 nitrogen and oxygen atoms in total. The molecule has 0 aliphatic carbocycles. The molecule has 0 radical (unpaired) electrons. The molecule has 0 N–H and O–H groups in total. The highest BCUT2D eigenvalue weighted by atomic mass is 127. The Kier molecular flexibility index (Phi) is 6.83. The van der Waals surface area contributed by atoms with Gasteiger partial charge in [-0.05, 0) is 5.56 Å².